The van der Waals surface area contributed by atoms with Crippen molar-refractivity contribution in [3.63, 3.8) is 0 Å². The van der Waals surface area contributed by atoms with E-state index < -0.39 is 0 Å². The van der Waals surface area contributed by atoms with E-state index in [1.165, 1.54) is 0 Å². The molecule has 2 amide bonds. The van der Waals surface area contributed by atoms with Crippen LogP contribution in [0, 0.1) is 0 Å². The van der Waals surface area contributed by atoms with Gasteiger partial charge in [-0.1, -0.05) is 48.5 Å². The summed E-state index contributed by atoms with van der Waals surface area (Å²) in [5, 5.41) is 3.49. The van der Waals surface area contributed by atoms with Crippen molar-refractivity contribution in [2.75, 3.05) is 26.7 Å². The first-order valence-corrected chi connectivity index (χ1v) is 10.2. The Morgan fingerprint density at radius 1 is 1.13 bits per heavy atom. The van der Waals surface area contributed by atoms with Crippen molar-refractivity contribution in [1.82, 2.24) is 15.2 Å². The second kappa shape index (κ2) is 9.05. The number of benzene rings is 2. The molecular weight excluding hydrogens is 378 g/mol. The fraction of sp³-hybridized carbons (Fsp3) is 0.292. The van der Waals surface area contributed by atoms with Crippen LogP contribution in [0.15, 0.2) is 60.7 Å². The van der Waals surface area contributed by atoms with Crippen LogP contribution in [0.4, 0.5) is 0 Å². The van der Waals surface area contributed by atoms with Gasteiger partial charge in [-0.15, -0.1) is 0 Å². The number of nitrogens with zero attached hydrogens (tertiary/aromatic N) is 2. The Morgan fingerprint density at radius 3 is 2.70 bits per heavy atom. The fourth-order valence-electron chi connectivity index (χ4n) is 3.79. The Morgan fingerprint density at radius 2 is 1.90 bits per heavy atom. The molecule has 4 rings (SSSR count). The minimum absolute atomic E-state index is 0.111. The zero-order valence-electron chi connectivity index (χ0n) is 17.0. The standard InChI is InChI=1S/C24H25N3O3/c1-25-24(29)19-15-21(26-20-10-6-5-9-18(19)20)22-16-27(13-14-30-22)23(28)12-11-17-7-3-2-4-8-17/h2-10,15,22H,11-14,16H2,1H3,(H,25,29)/t22-/m0/s1. The number of para-hydroxylation sites is 1. The number of rotatable bonds is 5. The van der Waals surface area contributed by atoms with Crippen LogP contribution in [-0.2, 0) is 16.0 Å². The third kappa shape index (κ3) is 4.33. The van der Waals surface area contributed by atoms with Crippen molar-refractivity contribution in [3.8, 4) is 0 Å². The zero-order valence-corrected chi connectivity index (χ0v) is 17.0. The third-order valence-corrected chi connectivity index (χ3v) is 5.43. The van der Waals surface area contributed by atoms with Crippen molar-refractivity contribution >= 4 is 22.7 Å². The molecule has 1 N–H and O–H groups in total. The number of carbonyl (C=O) groups excluding carboxylic acids is 2. The summed E-state index contributed by atoms with van der Waals surface area (Å²) in [5.74, 6) is -0.0547. The summed E-state index contributed by atoms with van der Waals surface area (Å²) in [7, 11) is 1.61. The average Bonchev–Trinajstić information content (AvgIpc) is 2.82. The number of hydrogen-bond acceptors (Lipinski definition) is 4. The summed E-state index contributed by atoms with van der Waals surface area (Å²) < 4.78 is 5.94. The smallest absolute Gasteiger partial charge is 0.251 e. The van der Waals surface area contributed by atoms with E-state index >= 15 is 0 Å². The largest absolute Gasteiger partial charge is 0.368 e. The maximum Gasteiger partial charge on any atom is 0.251 e. The van der Waals surface area contributed by atoms with E-state index in [1.807, 2.05) is 59.5 Å². The average molecular weight is 403 g/mol. The molecule has 1 aliphatic rings. The van der Waals surface area contributed by atoms with Crippen molar-refractivity contribution in [3.05, 3.63) is 77.5 Å². The van der Waals surface area contributed by atoms with Crippen LogP contribution in [0.2, 0.25) is 0 Å². The molecule has 0 unspecified atom stereocenters. The lowest BCUT2D eigenvalue weighted by Gasteiger charge is -2.33. The Hall–Kier alpha value is -3.25. The van der Waals surface area contributed by atoms with E-state index in [4.69, 9.17) is 9.72 Å². The number of morpholine rings is 1. The highest BCUT2D eigenvalue weighted by Crippen LogP contribution is 2.26. The van der Waals surface area contributed by atoms with Crippen LogP contribution >= 0.6 is 0 Å². The van der Waals surface area contributed by atoms with Crippen LogP contribution in [0.1, 0.15) is 34.1 Å². The molecule has 2 aromatic carbocycles. The molecular formula is C24H25N3O3. The molecule has 0 saturated carbocycles. The number of fused-ring (bicyclic) bond motifs is 1. The van der Waals surface area contributed by atoms with Gasteiger partial charge in [0.05, 0.1) is 29.9 Å². The van der Waals surface area contributed by atoms with Crippen molar-refractivity contribution < 1.29 is 14.3 Å². The Kier molecular flexibility index (Phi) is 6.05. The van der Waals surface area contributed by atoms with Gasteiger partial charge in [0.1, 0.15) is 6.10 Å². The molecule has 0 bridgehead atoms. The molecule has 1 aromatic heterocycles. The second-order valence-corrected chi connectivity index (χ2v) is 7.38. The van der Waals surface area contributed by atoms with E-state index in [0.717, 1.165) is 22.9 Å². The van der Waals surface area contributed by atoms with Gasteiger partial charge < -0.3 is 15.0 Å². The maximum atomic E-state index is 12.8. The minimum Gasteiger partial charge on any atom is -0.368 e. The van der Waals surface area contributed by atoms with E-state index in [2.05, 4.69) is 5.32 Å². The van der Waals surface area contributed by atoms with Gasteiger partial charge in [0.2, 0.25) is 5.91 Å². The zero-order chi connectivity index (χ0) is 20.9. The minimum atomic E-state index is -0.354. The van der Waals surface area contributed by atoms with Gasteiger partial charge in [-0.25, -0.2) is 4.98 Å². The topological polar surface area (TPSA) is 71.5 Å². The SMILES string of the molecule is CNC(=O)c1cc([C@@H]2CN(C(=O)CCc3ccccc3)CCO2)nc2ccccc12. The number of aryl methyl sites for hydroxylation is 1. The predicted octanol–water partition coefficient (Wildman–Crippen LogP) is 3.13. The van der Waals surface area contributed by atoms with Crippen molar-refractivity contribution in [1.29, 1.82) is 0 Å². The van der Waals surface area contributed by atoms with Crippen LogP contribution in [0.3, 0.4) is 0 Å². The molecule has 2 heterocycles. The summed E-state index contributed by atoms with van der Waals surface area (Å²) in [5.41, 5.74) is 3.13. The first kappa shape index (κ1) is 20.0. The lowest BCUT2D eigenvalue weighted by atomic mass is 10.0. The first-order valence-electron chi connectivity index (χ1n) is 10.2. The highest BCUT2D eigenvalue weighted by atomic mass is 16.5. The Bertz CT molecular complexity index is 1050. The van der Waals surface area contributed by atoms with Crippen LogP contribution in [0.5, 0.6) is 0 Å². The third-order valence-electron chi connectivity index (χ3n) is 5.43. The van der Waals surface area contributed by atoms with Gasteiger partial charge in [0.15, 0.2) is 0 Å². The maximum absolute atomic E-state index is 12.8. The van der Waals surface area contributed by atoms with E-state index in [-0.39, 0.29) is 17.9 Å². The number of amides is 2. The lowest BCUT2D eigenvalue weighted by molar-refractivity contribution is -0.139. The van der Waals surface area contributed by atoms with Gasteiger partial charge in [0.25, 0.3) is 5.91 Å². The van der Waals surface area contributed by atoms with E-state index in [1.54, 1.807) is 13.1 Å². The van der Waals surface area contributed by atoms with Gasteiger partial charge in [-0.2, -0.15) is 0 Å². The molecule has 6 nitrogen and oxygen atoms in total. The van der Waals surface area contributed by atoms with Gasteiger partial charge in [-0.05, 0) is 24.1 Å². The molecule has 0 aliphatic carbocycles. The Labute approximate surface area is 175 Å². The highest BCUT2D eigenvalue weighted by molar-refractivity contribution is 6.06. The molecule has 1 saturated heterocycles. The van der Waals surface area contributed by atoms with Crippen molar-refractivity contribution in [2.24, 2.45) is 0 Å². The summed E-state index contributed by atoms with van der Waals surface area (Å²) in [6.07, 6.45) is 0.828. The number of carbonyl (C=O) groups is 2. The molecule has 0 spiro atoms. The molecule has 30 heavy (non-hydrogen) atoms. The normalized spacial score (nSPS) is 16.4. The number of ether oxygens (including phenoxy) is 1. The first-order chi connectivity index (χ1) is 14.7. The molecule has 0 radical (unpaired) electrons. The summed E-state index contributed by atoms with van der Waals surface area (Å²) in [4.78, 5) is 31.7. The van der Waals surface area contributed by atoms with Gasteiger partial charge in [0, 0.05) is 25.4 Å². The highest BCUT2D eigenvalue weighted by Gasteiger charge is 2.27. The second-order valence-electron chi connectivity index (χ2n) is 7.38. The van der Waals surface area contributed by atoms with Crippen molar-refractivity contribution in [2.45, 2.75) is 18.9 Å². The van der Waals surface area contributed by atoms with Gasteiger partial charge in [-0.3, -0.25) is 9.59 Å². The lowest BCUT2D eigenvalue weighted by Crippen LogP contribution is -2.42. The molecule has 6 heteroatoms. The fourth-order valence-corrected chi connectivity index (χ4v) is 3.79. The number of pyridine rings is 1. The monoisotopic (exact) mass is 403 g/mol. The quantitative estimate of drug-likeness (QED) is 0.711. The summed E-state index contributed by atoms with van der Waals surface area (Å²) in [6, 6.07) is 19.4. The molecule has 154 valence electrons. The summed E-state index contributed by atoms with van der Waals surface area (Å²) >= 11 is 0. The number of hydrogen-bond donors (Lipinski definition) is 1. The number of nitrogens with one attached hydrogen (secondary N) is 1. The van der Waals surface area contributed by atoms with E-state index in [9.17, 15) is 9.59 Å². The van der Waals surface area contributed by atoms with E-state index in [0.29, 0.717) is 37.4 Å². The van der Waals surface area contributed by atoms with Crippen LogP contribution in [-0.4, -0.2) is 48.4 Å². The molecule has 1 fully saturated rings. The predicted molar refractivity (Wildman–Crippen MR) is 115 cm³/mol. The summed E-state index contributed by atoms with van der Waals surface area (Å²) in [6.45, 7) is 1.46. The number of aromatic nitrogens is 1. The van der Waals surface area contributed by atoms with Crippen LogP contribution in [0.25, 0.3) is 10.9 Å². The van der Waals surface area contributed by atoms with Crippen LogP contribution < -0.4 is 5.32 Å². The van der Waals surface area contributed by atoms with Gasteiger partial charge >= 0.3 is 0 Å². The Balaban J connectivity index is 1.52. The molecule has 1 atom stereocenters. The molecule has 3 aromatic rings. The molecule has 1 aliphatic heterocycles.